The molecule has 1 aliphatic heterocycles. The summed E-state index contributed by atoms with van der Waals surface area (Å²) in [7, 11) is 0. The number of carboxylic acid groups (broad SMARTS) is 1. The topological polar surface area (TPSA) is 100 Å². The molecule has 132 valence electrons. The molecule has 0 spiro atoms. The molecule has 2 aromatic carbocycles. The van der Waals surface area contributed by atoms with Gasteiger partial charge < -0.3 is 15.5 Å². The SMILES string of the molecule is O=C(O)C1(O)C(c2ccccc2)C(c2ccc(Cl)cc2)Nc2ncnn21. The molecule has 0 amide bonds. The first-order valence-electron chi connectivity index (χ1n) is 7.95. The number of anilines is 1. The van der Waals surface area contributed by atoms with E-state index in [2.05, 4.69) is 15.4 Å². The lowest BCUT2D eigenvalue weighted by Gasteiger charge is -2.42. The van der Waals surface area contributed by atoms with E-state index in [9.17, 15) is 15.0 Å². The predicted octanol–water partition coefficient (Wildman–Crippen LogP) is 2.61. The van der Waals surface area contributed by atoms with Gasteiger partial charge >= 0.3 is 5.97 Å². The molecular formula is C18H15ClN4O3. The minimum atomic E-state index is -2.30. The van der Waals surface area contributed by atoms with Gasteiger partial charge in [0.1, 0.15) is 6.33 Å². The summed E-state index contributed by atoms with van der Waals surface area (Å²) in [4.78, 5) is 16.2. The Morgan fingerprint density at radius 1 is 1.12 bits per heavy atom. The number of carbonyl (C=O) groups is 1. The second-order valence-electron chi connectivity index (χ2n) is 6.09. The maximum absolute atomic E-state index is 12.2. The van der Waals surface area contributed by atoms with Gasteiger partial charge in [-0.2, -0.15) is 14.8 Å². The number of fused-ring (bicyclic) bond motifs is 1. The molecule has 26 heavy (non-hydrogen) atoms. The van der Waals surface area contributed by atoms with E-state index in [-0.39, 0.29) is 5.95 Å². The van der Waals surface area contributed by atoms with E-state index in [1.54, 1.807) is 48.5 Å². The van der Waals surface area contributed by atoms with Crippen molar-refractivity contribution in [2.24, 2.45) is 0 Å². The first-order valence-corrected chi connectivity index (χ1v) is 8.33. The smallest absolute Gasteiger partial charge is 0.360 e. The van der Waals surface area contributed by atoms with Gasteiger partial charge in [-0.05, 0) is 23.3 Å². The zero-order valence-corrected chi connectivity index (χ0v) is 14.2. The Bertz CT molecular complexity index is 945. The Balaban J connectivity index is 1.95. The molecule has 3 unspecified atom stereocenters. The van der Waals surface area contributed by atoms with Crippen molar-refractivity contribution in [3.05, 3.63) is 77.1 Å². The molecule has 0 saturated heterocycles. The summed E-state index contributed by atoms with van der Waals surface area (Å²) in [6.07, 6.45) is 1.21. The van der Waals surface area contributed by atoms with Crippen molar-refractivity contribution in [1.29, 1.82) is 0 Å². The van der Waals surface area contributed by atoms with Crippen molar-refractivity contribution in [2.75, 3.05) is 5.32 Å². The van der Waals surface area contributed by atoms with Gasteiger partial charge in [0.05, 0.1) is 12.0 Å². The highest BCUT2D eigenvalue weighted by Crippen LogP contribution is 2.47. The number of nitrogens with one attached hydrogen (secondary N) is 1. The van der Waals surface area contributed by atoms with E-state index in [0.29, 0.717) is 10.6 Å². The molecule has 0 aliphatic carbocycles. The lowest BCUT2D eigenvalue weighted by atomic mass is 9.78. The van der Waals surface area contributed by atoms with Gasteiger partial charge in [0, 0.05) is 5.02 Å². The first-order chi connectivity index (χ1) is 12.5. The monoisotopic (exact) mass is 370 g/mol. The molecule has 7 nitrogen and oxygen atoms in total. The maximum atomic E-state index is 12.2. The third-order valence-electron chi connectivity index (χ3n) is 4.62. The number of carboxylic acids is 1. The van der Waals surface area contributed by atoms with Gasteiger partial charge in [-0.3, -0.25) is 0 Å². The van der Waals surface area contributed by atoms with Gasteiger partial charge in [0.2, 0.25) is 5.95 Å². The summed E-state index contributed by atoms with van der Waals surface area (Å²) in [6.45, 7) is 0. The van der Waals surface area contributed by atoms with Crippen LogP contribution in [-0.2, 0) is 10.5 Å². The molecule has 3 atom stereocenters. The molecule has 0 bridgehead atoms. The Kier molecular flexibility index (Phi) is 3.90. The highest BCUT2D eigenvalue weighted by molar-refractivity contribution is 6.30. The number of aliphatic hydroxyl groups is 1. The quantitative estimate of drug-likeness (QED) is 0.655. The van der Waals surface area contributed by atoms with E-state index < -0.39 is 23.7 Å². The average molecular weight is 371 g/mol. The number of benzene rings is 2. The Hall–Kier alpha value is -2.90. The van der Waals surface area contributed by atoms with Gasteiger partial charge in [-0.1, -0.05) is 54.1 Å². The molecule has 0 fully saturated rings. The second-order valence-corrected chi connectivity index (χ2v) is 6.53. The fraction of sp³-hybridized carbons (Fsp3) is 0.167. The number of rotatable bonds is 3. The fourth-order valence-electron chi connectivity index (χ4n) is 3.43. The van der Waals surface area contributed by atoms with Crippen LogP contribution in [-0.4, -0.2) is 30.9 Å². The van der Waals surface area contributed by atoms with Crippen molar-refractivity contribution in [3.8, 4) is 0 Å². The van der Waals surface area contributed by atoms with Crippen LogP contribution in [0.15, 0.2) is 60.9 Å². The fourth-order valence-corrected chi connectivity index (χ4v) is 3.56. The van der Waals surface area contributed by atoms with Crippen molar-refractivity contribution in [1.82, 2.24) is 14.8 Å². The lowest BCUT2D eigenvalue weighted by Crippen LogP contribution is -2.54. The van der Waals surface area contributed by atoms with Crippen LogP contribution in [0.3, 0.4) is 0 Å². The van der Waals surface area contributed by atoms with E-state index in [1.165, 1.54) is 6.33 Å². The van der Waals surface area contributed by atoms with Crippen LogP contribution in [0.4, 0.5) is 5.95 Å². The van der Waals surface area contributed by atoms with Crippen molar-refractivity contribution >= 4 is 23.5 Å². The molecular weight excluding hydrogens is 356 g/mol. The third kappa shape index (κ3) is 2.44. The summed E-state index contributed by atoms with van der Waals surface area (Å²) in [5.41, 5.74) is -0.869. The molecule has 2 heterocycles. The third-order valence-corrected chi connectivity index (χ3v) is 4.88. The van der Waals surface area contributed by atoms with Crippen molar-refractivity contribution < 1.29 is 15.0 Å². The number of aliphatic carboxylic acids is 1. The van der Waals surface area contributed by atoms with Crippen LogP contribution in [0, 0.1) is 0 Å². The van der Waals surface area contributed by atoms with Gasteiger partial charge in [0.15, 0.2) is 0 Å². The minimum Gasteiger partial charge on any atom is -0.478 e. The van der Waals surface area contributed by atoms with Gasteiger partial charge in [0.25, 0.3) is 5.72 Å². The zero-order chi connectivity index (χ0) is 18.3. The number of nitrogens with zero attached hydrogens (tertiary/aromatic N) is 3. The highest BCUT2D eigenvalue weighted by atomic mass is 35.5. The summed E-state index contributed by atoms with van der Waals surface area (Å²) >= 11 is 5.98. The normalized spacial score (nSPS) is 24.5. The summed E-state index contributed by atoms with van der Waals surface area (Å²) < 4.78 is 1.01. The molecule has 1 aromatic heterocycles. The Morgan fingerprint density at radius 2 is 1.81 bits per heavy atom. The molecule has 0 radical (unpaired) electrons. The van der Waals surface area contributed by atoms with E-state index in [1.807, 2.05) is 6.07 Å². The number of aromatic nitrogens is 3. The number of halogens is 1. The molecule has 3 N–H and O–H groups in total. The van der Waals surface area contributed by atoms with Gasteiger partial charge in [-0.15, -0.1) is 0 Å². The van der Waals surface area contributed by atoms with Crippen LogP contribution in [0.5, 0.6) is 0 Å². The number of hydrogen-bond donors (Lipinski definition) is 3. The standard InChI is InChI=1S/C18H15ClN4O3/c19-13-8-6-12(7-9-13)15-14(11-4-2-1-3-5-11)18(26,16(24)25)23-17(22-15)20-10-21-23/h1-10,14-15,26H,(H,24,25)(H,20,21,22). The predicted molar refractivity (Wildman–Crippen MR) is 94.8 cm³/mol. The van der Waals surface area contributed by atoms with Crippen molar-refractivity contribution in [2.45, 2.75) is 17.7 Å². The molecule has 1 aliphatic rings. The molecule has 4 rings (SSSR count). The Labute approximate surface area is 153 Å². The van der Waals surface area contributed by atoms with Crippen LogP contribution < -0.4 is 5.32 Å². The largest absolute Gasteiger partial charge is 0.478 e. The maximum Gasteiger partial charge on any atom is 0.360 e. The summed E-state index contributed by atoms with van der Waals surface area (Å²) in [5, 5.41) is 28.9. The average Bonchev–Trinajstić information content (AvgIpc) is 3.12. The van der Waals surface area contributed by atoms with Crippen LogP contribution in [0.2, 0.25) is 5.02 Å². The van der Waals surface area contributed by atoms with E-state index in [4.69, 9.17) is 11.6 Å². The summed E-state index contributed by atoms with van der Waals surface area (Å²) in [6, 6.07) is 15.5. The van der Waals surface area contributed by atoms with Crippen LogP contribution in [0.1, 0.15) is 23.1 Å². The van der Waals surface area contributed by atoms with Crippen LogP contribution >= 0.6 is 11.6 Å². The van der Waals surface area contributed by atoms with Crippen LogP contribution in [0.25, 0.3) is 0 Å². The number of hydrogen-bond acceptors (Lipinski definition) is 5. The summed E-state index contributed by atoms with van der Waals surface area (Å²) in [5.74, 6) is -2.07. The lowest BCUT2D eigenvalue weighted by molar-refractivity contribution is -0.179. The second kappa shape index (κ2) is 6.12. The van der Waals surface area contributed by atoms with Crippen molar-refractivity contribution in [3.63, 3.8) is 0 Å². The minimum absolute atomic E-state index is 0.182. The van der Waals surface area contributed by atoms with Gasteiger partial charge in [-0.25, -0.2) is 4.79 Å². The van der Waals surface area contributed by atoms with E-state index in [0.717, 1.165) is 10.2 Å². The molecule has 8 heteroatoms. The van der Waals surface area contributed by atoms with E-state index >= 15 is 0 Å². The molecule has 0 saturated carbocycles. The zero-order valence-electron chi connectivity index (χ0n) is 13.5. The highest BCUT2D eigenvalue weighted by Gasteiger charge is 2.56. The molecule has 3 aromatic rings. The Morgan fingerprint density at radius 3 is 2.46 bits per heavy atom. The first kappa shape index (κ1) is 16.6.